The van der Waals surface area contributed by atoms with Gasteiger partial charge in [-0.25, -0.2) is 0 Å². The van der Waals surface area contributed by atoms with Crippen molar-refractivity contribution < 1.29 is 13.0 Å². The molecule has 0 saturated carbocycles. The molecule has 0 aliphatic heterocycles. The minimum absolute atomic E-state index is 0.271. The lowest BCUT2D eigenvalue weighted by Gasteiger charge is -2.23. The van der Waals surface area contributed by atoms with Gasteiger partial charge in [0.05, 0.1) is 12.1 Å². The van der Waals surface area contributed by atoms with Crippen molar-refractivity contribution in [3.8, 4) is 0 Å². The Morgan fingerprint density at radius 2 is 1.70 bits per heavy atom. The average Bonchev–Trinajstić information content (AvgIpc) is 2.45. The number of carbonyl (C=O) groups excluding carboxylic acids is 1. The van der Waals surface area contributed by atoms with Gasteiger partial charge in [0, 0.05) is 0 Å². The van der Waals surface area contributed by atoms with Gasteiger partial charge in [0.2, 0.25) is 5.91 Å². The monoisotopic (exact) mass is 402 g/mol. The first-order chi connectivity index (χ1) is 9.56. The fraction of sp³-hybridized carbons (Fsp3) is 0.917. The molecule has 20 heavy (non-hydrogen) atoms. The van der Waals surface area contributed by atoms with Gasteiger partial charge in [-0.3, -0.25) is 7.86 Å². The number of hydrogen-bond donors (Lipinski definition) is 5. The van der Waals surface area contributed by atoms with Crippen molar-refractivity contribution in [1.29, 1.82) is 0 Å². The van der Waals surface area contributed by atoms with Crippen LogP contribution in [0.5, 0.6) is 0 Å². The molecule has 1 amide bonds. The van der Waals surface area contributed by atoms with Crippen LogP contribution in [0, 0.1) is 0 Å². The van der Waals surface area contributed by atoms with E-state index in [-0.39, 0.29) is 5.91 Å². The Labute approximate surface area is 134 Å². The van der Waals surface area contributed by atoms with Crippen LogP contribution >= 0.6 is 23.0 Å². The number of aliphatic hydroxyl groups excluding tert-OH is 1. The summed E-state index contributed by atoms with van der Waals surface area (Å²) in [4.78, 5) is 11.9. The van der Waals surface area contributed by atoms with E-state index in [9.17, 15) is 9.90 Å². The van der Waals surface area contributed by atoms with Crippen molar-refractivity contribution in [3.05, 3.63) is 0 Å². The van der Waals surface area contributed by atoms with E-state index in [1.807, 2.05) is 0 Å². The Kier molecular flexibility index (Phi) is 12.7. The Bertz CT molecular complexity index is 259. The molecule has 8 N–H and O–H groups in total. The summed E-state index contributed by atoms with van der Waals surface area (Å²) in [5, 5.41) is 12.5. The van der Waals surface area contributed by atoms with E-state index in [1.165, 1.54) is 0 Å². The molecular formula is C12H27IN4O3. The maximum atomic E-state index is 11.9. The first-order valence-electron chi connectivity index (χ1n) is 6.98. The van der Waals surface area contributed by atoms with Crippen LogP contribution in [0.2, 0.25) is 0 Å². The van der Waals surface area contributed by atoms with Gasteiger partial charge in [-0.05, 0) is 45.2 Å². The van der Waals surface area contributed by atoms with E-state index >= 15 is 0 Å². The summed E-state index contributed by atoms with van der Waals surface area (Å²) in [6.07, 6.45) is 3.44. The molecule has 0 aromatic carbocycles. The second-order valence-electron chi connectivity index (χ2n) is 4.77. The van der Waals surface area contributed by atoms with Gasteiger partial charge in [0.1, 0.15) is 23.0 Å². The van der Waals surface area contributed by atoms with E-state index in [0.29, 0.717) is 25.9 Å². The molecule has 0 rings (SSSR count). The summed E-state index contributed by atoms with van der Waals surface area (Å²) >= 11 is 1.61. The molecule has 0 spiro atoms. The second kappa shape index (κ2) is 12.7. The topological polar surface area (TPSA) is 137 Å². The lowest BCUT2D eigenvalue weighted by Crippen LogP contribution is -2.50. The number of amides is 1. The first-order valence-corrected chi connectivity index (χ1v) is 7.86. The molecule has 0 aromatic heterocycles. The largest absolute Gasteiger partial charge is 0.366 e. The Balaban J connectivity index is 4.21. The summed E-state index contributed by atoms with van der Waals surface area (Å²) < 4.78 is 4.84. The van der Waals surface area contributed by atoms with Crippen molar-refractivity contribution in [2.24, 2.45) is 17.2 Å². The van der Waals surface area contributed by atoms with Gasteiger partial charge in [-0.15, -0.1) is 0 Å². The van der Waals surface area contributed by atoms with E-state index in [1.54, 1.807) is 23.0 Å². The smallest absolute Gasteiger partial charge is 0.237 e. The van der Waals surface area contributed by atoms with Gasteiger partial charge in [-0.1, -0.05) is 6.42 Å². The first kappa shape index (κ1) is 20.0. The third-order valence-corrected chi connectivity index (χ3v) is 3.56. The molecule has 0 aromatic rings. The number of unbranched alkanes of at least 4 members (excludes halogenated alkanes) is 2. The zero-order valence-corrected chi connectivity index (χ0v) is 13.9. The normalized spacial score (nSPS) is 15.7. The van der Waals surface area contributed by atoms with E-state index in [4.69, 9.17) is 20.3 Å². The fourth-order valence-corrected chi connectivity index (χ4v) is 2.14. The van der Waals surface area contributed by atoms with E-state index < -0.39 is 18.4 Å². The quantitative estimate of drug-likeness (QED) is 0.173. The molecule has 0 aliphatic rings. The molecule has 0 radical (unpaired) electrons. The highest BCUT2D eigenvalue weighted by Crippen LogP contribution is 2.10. The standard InChI is InChI=1S/C12H27IN4O3/c13-20-12(19)10(6-2-4-8-15)17-11(18)9(16)5-1-3-7-14/h9-10,12,19H,1-8,14-16H2,(H,17,18). The van der Waals surface area contributed by atoms with Crippen molar-refractivity contribution in [3.63, 3.8) is 0 Å². The fourth-order valence-electron chi connectivity index (χ4n) is 1.79. The van der Waals surface area contributed by atoms with Crippen LogP contribution in [0.15, 0.2) is 0 Å². The van der Waals surface area contributed by atoms with Crippen molar-refractivity contribution in [1.82, 2.24) is 5.32 Å². The Hall–Kier alpha value is -0.000000000000000222. The molecule has 0 aliphatic carbocycles. The third kappa shape index (κ3) is 9.03. The number of nitrogens with one attached hydrogen (secondary N) is 1. The predicted octanol–water partition coefficient (Wildman–Crippen LogP) is -0.258. The minimum atomic E-state index is -1.05. The highest BCUT2D eigenvalue weighted by Gasteiger charge is 2.23. The van der Waals surface area contributed by atoms with Crippen LogP contribution in [-0.2, 0) is 7.86 Å². The minimum Gasteiger partial charge on any atom is -0.366 e. The summed E-state index contributed by atoms with van der Waals surface area (Å²) in [5.41, 5.74) is 16.6. The number of rotatable bonds is 12. The van der Waals surface area contributed by atoms with Crippen molar-refractivity contribution in [2.75, 3.05) is 13.1 Å². The zero-order valence-electron chi connectivity index (χ0n) is 11.8. The van der Waals surface area contributed by atoms with Gasteiger partial charge >= 0.3 is 0 Å². The van der Waals surface area contributed by atoms with Crippen LogP contribution in [0.3, 0.4) is 0 Å². The van der Waals surface area contributed by atoms with Gasteiger partial charge in [-0.2, -0.15) is 0 Å². The van der Waals surface area contributed by atoms with Crippen molar-refractivity contribution in [2.45, 2.75) is 56.9 Å². The summed E-state index contributed by atoms with van der Waals surface area (Å²) in [5.74, 6) is -0.271. The number of nitrogens with two attached hydrogens (primary N) is 3. The summed E-state index contributed by atoms with van der Waals surface area (Å²) in [6.45, 7) is 1.18. The highest BCUT2D eigenvalue weighted by molar-refractivity contribution is 14.1. The van der Waals surface area contributed by atoms with Crippen LogP contribution in [0.1, 0.15) is 38.5 Å². The van der Waals surface area contributed by atoms with E-state index in [0.717, 1.165) is 25.7 Å². The molecule has 7 nitrogen and oxygen atoms in total. The van der Waals surface area contributed by atoms with E-state index in [2.05, 4.69) is 5.32 Å². The number of aliphatic hydroxyl groups is 1. The highest BCUT2D eigenvalue weighted by atomic mass is 127. The van der Waals surface area contributed by atoms with Crippen LogP contribution in [-0.4, -0.2) is 42.5 Å². The maximum absolute atomic E-state index is 11.9. The molecule has 3 unspecified atom stereocenters. The van der Waals surface area contributed by atoms with Gasteiger partial charge < -0.3 is 27.6 Å². The molecule has 120 valence electrons. The maximum Gasteiger partial charge on any atom is 0.237 e. The van der Waals surface area contributed by atoms with Crippen LogP contribution < -0.4 is 22.5 Å². The molecule has 0 saturated heterocycles. The third-order valence-electron chi connectivity index (χ3n) is 3.04. The van der Waals surface area contributed by atoms with Crippen LogP contribution in [0.25, 0.3) is 0 Å². The Morgan fingerprint density at radius 1 is 1.15 bits per heavy atom. The molecular weight excluding hydrogens is 375 g/mol. The number of hydrogen-bond acceptors (Lipinski definition) is 6. The summed E-state index contributed by atoms with van der Waals surface area (Å²) in [6, 6.07) is -1.05. The molecule has 0 bridgehead atoms. The molecule has 8 heteroatoms. The lowest BCUT2D eigenvalue weighted by atomic mass is 10.1. The second-order valence-corrected chi connectivity index (χ2v) is 5.28. The van der Waals surface area contributed by atoms with Crippen molar-refractivity contribution >= 4 is 28.9 Å². The predicted molar refractivity (Wildman–Crippen MR) is 86.8 cm³/mol. The zero-order chi connectivity index (χ0) is 15.4. The Morgan fingerprint density at radius 3 is 2.20 bits per heavy atom. The van der Waals surface area contributed by atoms with Gasteiger partial charge in [0.15, 0.2) is 6.29 Å². The lowest BCUT2D eigenvalue weighted by molar-refractivity contribution is -0.126. The molecule has 0 heterocycles. The SMILES string of the molecule is NCCCCC(N)C(=O)NC(CCCCN)C(O)OI. The number of carbonyl (C=O) groups is 1. The molecule has 3 atom stereocenters. The number of halogens is 1. The van der Waals surface area contributed by atoms with Gasteiger partial charge in [0.25, 0.3) is 0 Å². The molecule has 0 fully saturated rings. The summed E-state index contributed by atoms with van der Waals surface area (Å²) in [7, 11) is 0. The average molecular weight is 402 g/mol. The van der Waals surface area contributed by atoms with Crippen LogP contribution in [0.4, 0.5) is 0 Å².